The van der Waals surface area contributed by atoms with Crippen LogP contribution in [0.4, 0.5) is 4.79 Å². The van der Waals surface area contributed by atoms with Crippen LogP contribution in [0.3, 0.4) is 0 Å². The van der Waals surface area contributed by atoms with Gasteiger partial charge in [0, 0.05) is 20.1 Å². The Hall–Kier alpha value is -2.89. The van der Waals surface area contributed by atoms with Crippen molar-refractivity contribution in [1.82, 2.24) is 14.9 Å². The predicted molar refractivity (Wildman–Crippen MR) is 103 cm³/mol. The molecule has 0 aliphatic carbocycles. The van der Waals surface area contributed by atoms with Crippen LogP contribution < -0.4 is 10.0 Å². The normalized spacial score (nSPS) is 10.9. The number of carbonyl (C=O) groups excluding carboxylic acids is 1. The summed E-state index contributed by atoms with van der Waals surface area (Å²) in [7, 11) is -0.295. The van der Waals surface area contributed by atoms with Gasteiger partial charge in [-0.05, 0) is 35.9 Å². The Kier molecular flexibility index (Phi) is 6.93. The molecule has 2 aromatic carbocycles. The zero-order valence-corrected chi connectivity index (χ0v) is 16.1. The van der Waals surface area contributed by atoms with Gasteiger partial charge in [-0.1, -0.05) is 36.4 Å². The zero-order valence-electron chi connectivity index (χ0n) is 15.3. The molecule has 0 aromatic heterocycles. The molecule has 0 radical (unpaired) electrons. The van der Waals surface area contributed by atoms with Crippen LogP contribution in [0.5, 0.6) is 0 Å². The number of nitriles is 1. The summed E-state index contributed by atoms with van der Waals surface area (Å²) in [5, 5.41) is 11.7. The van der Waals surface area contributed by atoms with Crippen molar-refractivity contribution in [3.63, 3.8) is 0 Å². The van der Waals surface area contributed by atoms with Crippen molar-refractivity contribution in [3.05, 3.63) is 70.8 Å². The van der Waals surface area contributed by atoms with Crippen LogP contribution in [0.25, 0.3) is 0 Å². The molecule has 0 saturated heterocycles. The van der Waals surface area contributed by atoms with Gasteiger partial charge in [-0.2, -0.15) is 5.26 Å². The first-order valence-electron chi connectivity index (χ1n) is 8.30. The third-order valence-electron chi connectivity index (χ3n) is 3.93. The summed E-state index contributed by atoms with van der Waals surface area (Å²) in [5.41, 5.74) is 2.88. The molecule has 2 amide bonds. The maximum atomic E-state index is 12.3. The monoisotopic (exact) mass is 386 g/mol. The van der Waals surface area contributed by atoms with Crippen molar-refractivity contribution in [2.75, 3.05) is 14.1 Å². The smallest absolute Gasteiger partial charge is 0.317 e. The molecule has 0 heterocycles. The summed E-state index contributed by atoms with van der Waals surface area (Å²) in [6, 6.07) is 16.0. The lowest BCUT2D eigenvalue weighted by Crippen LogP contribution is -2.36. The van der Waals surface area contributed by atoms with Crippen LogP contribution in [-0.4, -0.2) is 33.4 Å². The topological polar surface area (TPSA) is 102 Å². The van der Waals surface area contributed by atoms with E-state index in [1.165, 1.54) is 11.9 Å². The molecular formula is C19H22N4O3S. The molecule has 2 rings (SSSR count). The van der Waals surface area contributed by atoms with Gasteiger partial charge < -0.3 is 10.2 Å². The number of amides is 2. The first-order chi connectivity index (χ1) is 12.8. The third kappa shape index (κ3) is 6.40. The van der Waals surface area contributed by atoms with Crippen molar-refractivity contribution >= 4 is 16.1 Å². The Morgan fingerprint density at radius 2 is 1.78 bits per heavy atom. The molecule has 7 nitrogen and oxygen atoms in total. The largest absolute Gasteiger partial charge is 0.334 e. The summed E-state index contributed by atoms with van der Waals surface area (Å²) < 4.78 is 25.6. The maximum Gasteiger partial charge on any atom is 0.317 e. The van der Waals surface area contributed by atoms with Crippen molar-refractivity contribution in [2.45, 2.75) is 18.8 Å². The number of nitrogens with zero attached hydrogens (tertiary/aromatic N) is 2. The summed E-state index contributed by atoms with van der Waals surface area (Å²) >= 11 is 0. The van der Waals surface area contributed by atoms with E-state index in [9.17, 15) is 13.2 Å². The minimum atomic E-state index is -3.34. The highest BCUT2D eigenvalue weighted by Crippen LogP contribution is 2.10. The van der Waals surface area contributed by atoms with Crippen molar-refractivity contribution in [1.29, 1.82) is 5.26 Å². The average molecular weight is 386 g/mol. The fraction of sp³-hybridized carbons (Fsp3) is 0.263. The van der Waals surface area contributed by atoms with Gasteiger partial charge in [-0.25, -0.2) is 17.9 Å². The van der Waals surface area contributed by atoms with E-state index in [0.717, 1.165) is 11.1 Å². The van der Waals surface area contributed by atoms with Gasteiger partial charge in [0.25, 0.3) is 0 Å². The van der Waals surface area contributed by atoms with E-state index >= 15 is 0 Å². The number of hydrogen-bond acceptors (Lipinski definition) is 4. The summed E-state index contributed by atoms with van der Waals surface area (Å²) in [4.78, 5) is 13.8. The standard InChI is InChI=1S/C19H22N4O3S/c1-21-27(25,26)14-18-8-4-6-16(10-18)12-22-19(24)23(2)13-17-7-3-5-15(9-17)11-20/h3-10,21H,12-14H2,1-2H3,(H,22,24). The Morgan fingerprint density at radius 3 is 2.48 bits per heavy atom. The number of hydrogen-bond donors (Lipinski definition) is 2. The second-order valence-electron chi connectivity index (χ2n) is 6.11. The molecule has 0 aliphatic heterocycles. The third-order valence-corrected chi connectivity index (χ3v) is 5.26. The van der Waals surface area contributed by atoms with E-state index in [1.54, 1.807) is 43.4 Å². The zero-order chi connectivity index (χ0) is 19.9. The summed E-state index contributed by atoms with van der Waals surface area (Å²) in [5.74, 6) is -0.111. The molecule has 27 heavy (non-hydrogen) atoms. The number of urea groups is 1. The molecule has 8 heteroatoms. The quantitative estimate of drug-likeness (QED) is 0.759. The Bertz CT molecular complexity index is 951. The number of carbonyl (C=O) groups is 1. The highest BCUT2D eigenvalue weighted by atomic mass is 32.2. The van der Waals surface area contributed by atoms with Crippen LogP contribution in [0.15, 0.2) is 48.5 Å². The fourth-order valence-electron chi connectivity index (χ4n) is 2.52. The SMILES string of the molecule is CNS(=O)(=O)Cc1cccc(CNC(=O)N(C)Cc2cccc(C#N)c2)c1. The highest BCUT2D eigenvalue weighted by Gasteiger charge is 2.11. The van der Waals surface area contributed by atoms with Crippen LogP contribution in [0.1, 0.15) is 22.3 Å². The molecule has 0 unspecified atom stereocenters. The Morgan fingerprint density at radius 1 is 1.11 bits per heavy atom. The minimum absolute atomic E-state index is 0.111. The van der Waals surface area contributed by atoms with Gasteiger partial charge in [0.15, 0.2) is 0 Å². The summed E-state index contributed by atoms with van der Waals surface area (Å²) in [6.45, 7) is 0.663. The fourth-order valence-corrected chi connectivity index (χ4v) is 3.28. The number of benzene rings is 2. The van der Waals surface area contributed by atoms with E-state index in [1.807, 2.05) is 12.1 Å². The van der Waals surface area contributed by atoms with Crippen LogP contribution in [0, 0.1) is 11.3 Å². The van der Waals surface area contributed by atoms with E-state index < -0.39 is 10.0 Å². The van der Waals surface area contributed by atoms with Crippen molar-refractivity contribution in [2.24, 2.45) is 0 Å². The second-order valence-corrected chi connectivity index (χ2v) is 8.04. The van der Waals surface area contributed by atoms with Gasteiger partial charge in [0.05, 0.1) is 17.4 Å². The van der Waals surface area contributed by atoms with E-state index in [0.29, 0.717) is 17.7 Å². The molecule has 0 fully saturated rings. The van der Waals surface area contributed by atoms with E-state index in [-0.39, 0.29) is 18.3 Å². The second kappa shape index (κ2) is 9.16. The first kappa shape index (κ1) is 20.4. The highest BCUT2D eigenvalue weighted by molar-refractivity contribution is 7.88. The van der Waals surface area contributed by atoms with Gasteiger partial charge >= 0.3 is 6.03 Å². The van der Waals surface area contributed by atoms with Crippen molar-refractivity contribution < 1.29 is 13.2 Å². The first-order valence-corrected chi connectivity index (χ1v) is 9.95. The van der Waals surface area contributed by atoms with Crippen LogP contribution >= 0.6 is 0 Å². The van der Waals surface area contributed by atoms with Gasteiger partial charge in [-0.3, -0.25) is 0 Å². The molecule has 142 valence electrons. The van der Waals surface area contributed by atoms with Gasteiger partial charge in [-0.15, -0.1) is 0 Å². The van der Waals surface area contributed by atoms with Gasteiger partial charge in [0.1, 0.15) is 0 Å². The molecule has 0 bridgehead atoms. The Labute approximate surface area is 159 Å². The Balaban J connectivity index is 1.93. The lowest BCUT2D eigenvalue weighted by Gasteiger charge is -2.18. The lowest BCUT2D eigenvalue weighted by atomic mass is 10.1. The molecule has 2 N–H and O–H groups in total. The maximum absolute atomic E-state index is 12.3. The molecule has 0 atom stereocenters. The number of nitrogens with one attached hydrogen (secondary N) is 2. The molecular weight excluding hydrogens is 364 g/mol. The van der Waals surface area contributed by atoms with Gasteiger partial charge in [0.2, 0.25) is 10.0 Å². The van der Waals surface area contributed by atoms with Crippen molar-refractivity contribution in [3.8, 4) is 6.07 Å². The van der Waals surface area contributed by atoms with Crippen LogP contribution in [-0.2, 0) is 28.9 Å². The predicted octanol–water partition coefficient (Wildman–Crippen LogP) is 1.95. The molecule has 0 spiro atoms. The summed E-state index contributed by atoms with van der Waals surface area (Å²) in [6.07, 6.45) is 0. The number of sulfonamides is 1. The average Bonchev–Trinajstić information content (AvgIpc) is 2.66. The van der Waals surface area contributed by atoms with Crippen LogP contribution in [0.2, 0.25) is 0 Å². The molecule has 2 aromatic rings. The lowest BCUT2D eigenvalue weighted by molar-refractivity contribution is 0.206. The minimum Gasteiger partial charge on any atom is -0.334 e. The molecule has 0 saturated carbocycles. The van der Waals surface area contributed by atoms with E-state index in [4.69, 9.17) is 5.26 Å². The van der Waals surface area contributed by atoms with E-state index in [2.05, 4.69) is 16.1 Å². The molecule has 0 aliphatic rings. The number of rotatable bonds is 7.